The van der Waals surface area contributed by atoms with Crippen LogP contribution in [0.5, 0.6) is 0 Å². The van der Waals surface area contributed by atoms with E-state index in [2.05, 4.69) is 52.2 Å². The van der Waals surface area contributed by atoms with E-state index in [9.17, 15) is 9.59 Å². The third kappa shape index (κ3) is 11.8. The lowest BCUT2D eigenvalue weighted by Gasteiger charge is -2.31. The molecule has 1 rings (SSSR count). The molecule has 0 radical (unpaired) electrons. The molecule has 34 heavy (non-hydrogen) atoms. The molecule has 0 spiro atoms. The molecule has 0 aliphatic carbocycles. The van der Waals surface area contributed by atoms with Crippen molar-refractivity contribution in [1.29, 1.82) is 0 Å². The molecule has 194 valence electrons. The molecular weight excluding hydrogens is 428 g/mol. The van der Waals surface area contributed by atoms with E-state index in [1.54, 1.807) is 0 Å². The fourth-order valence-electron chi connectivity index (χ4n) is 3.56. The molecule has 1 aromatic carbocycles. The summed E-state index contributed by atoms with van der Waals surface area (Å²) in [6.45, 7) is 21.6. The van der Waals surface area contributed by atoms with Gasteiger partial charge in [0.2, 0.25) is 0 Å². The molecule has 0 aliphatic heterocycles. The van der Waals surface area contributed by atoms with Gasteiger partial charge >= 0.3 is 12.2 Å². The molecule has 0 saturated heterocycles. The highest BCUT2D eigenvalue weighted by Gasteiger charge is 2.28. The van der Waals surface area contributed by atoms with Crippen molar-refractivity contribution in [2.24, 2.45) is 10.8 Å². The molecule has 2 N–H and O–H groups in total. The van der Waals surface area contributed by atoms with Crippen LogP contribution in [-0.2, 0) is 20.6 Å². The molecule has 0 aliphatic rings. The number of alkyl carbamates (subject to hydrolysis) is 2. The van der Waals surface area contributed by atoms with Gasteiger partial charge in [-0.3, -0.25) is 0 Å². The summed E-state index contributed by atoms with van der Waals surface area (Å²) < 4.78 is 10.8. The summed E-state index contributed by atoms with van der Waals surface area (Å²) in [6, 6.07) is 7.86. The molecule has 0 saturated carbocycles. The highest BCUT2D eigenvalue weighted by atomic mass is 16.6. The molecule has 0 fully saturated rings. The monoisotopic (exact) mass is 476 g/mol. The Morgan fingerprint density at radius 3 is 1.35 bits per heavy atom. The Bertz CT molecular complexity index is 738. The summed E-state index contributed by atoms with van der Waals surface area (Å²) in [6.07, 6.45) is 2.79. The van der Waals surface area contributed by atoms with Crippen LogP contribution < -0.4 is 10.6 Å². The number of benzene rings is 1. The minimum Gasteiger partial charge on any atom is -0.450 e. The summed E-state index contributed by atoms with van der Waals surface area (Å²) >= 11 is 0. The van der Waals surface area contributed by atoms with Crippen molar-refractivity contribution in [3.8, 4) is 0 Å². The topological polar surface area (TPSA) is 76.7 Å². The van der Waals surface area contributed by atoms with E-state index in [1.165, 1.54) is 0 Å². The van der Waals surface area contributed by atoms with E-state index >= 15 is 0 Å². The van der Waals surface area contributed by atoms with Crippen LogP contribution in [0.25, 0.3) is 0 Å². The van der Waals surface area contributed by atoms with Gasteiger partial charge in [-0.05, 0) is 75.3 Å². The summed E-state index contributed by atoms with van der Waals surface area (Å²) in [5.41, 5.74) is 1.01. The molecule has 0 bridgehead atoms. The number of nitrogens with one attached hydrogen (secondary N) is 2. The van der Waals surface area contributed by atoms with Crippen molar-refractivity contribution in [3.05, 3.63) is 35.4 Å². The number of hydrogen-bond donors (Lipinski definition) is 2. The van der Waals surface area contributed by atoms with Crippen LogP contribution in [0.1, 0.15) is 106 Å². The summed E-state index contributed by atoms with van der Waals surface area (Å²) in [5, 5.41) is 5.93. The molecule has 0 unspecified atom stereocenters. The van der Waals surface area contributed by atoms with Crippen molar-refractivity contribution < 1.29 is 19.1 Å². The van der Waals surface area contributed by atoms with Crippen LogP contribution in [0.2, 0.25) is 0 Å². The first kappa shape index (κ1) is 29.8. The summed E-state index contributed by atoms with van der Waals surface area (Å²) in [5.74, 6) is 0. The molecule has 2 amide bonds. The zero-order chi connectivity index (χ0) is 26.2. The Morgan fingerprint density at radius 2 is 1.03 bits per heavy atom. The predicted octanol–water partition coefficient (Wildman–Crippen LogP) is 7.26. The highest BCUT2D eigenvalue weighted by Crippen LogP contribution is 2.27. The normalized spacial score (nSPS) is 12.8. The van der Waals surface area contributed by atoms with Gasteiger partial charge in [0.1, 0.15) is 0 Å². The largest absolute Gasteiger partial charge is 0.450 e. The highest BCUT2D eigenvalue weighted by molar-refractivity contribution is 5.69. The number of amides is 2. The molecule has 0 aromatic heterocycles. The minimum atomic E-state index is -0.638. The second-order valence-electron chi connectivity index (χ2n) is 12.7. The Labute approximate surface area is 207 Å². The average molecular weight is 477 g/mol. The SMILES string of the molecule is CC(C)(C)CCCOC(=O)NC(C)(C)c1cccc(C(C)(C)NC(=O)OCCCC(C)(C)C)c1. The van der Waals surface area contributed by atoms with Gasteiger partial charge in [0.05, 0.1) is 24.3 Å². The first-order valence-corrected chi connectivity index (χ1v) is 12.4. The Balaban J connectivity index is 2.70. The first-order chi connectivity index (χ1) is 15.4. The van der Waals surface area contributed by atoms with Crippen LogP contribution in [0.4, 0.5) is 9.59 Å². The fourth-order valence-corrected chi connectivity index (χ4v) is 3.56. The number of ether oxygens (including phenoxy) is 2. The van der Waals surface area contributed by atoms with Gasteiger partial charge in [0.25, 0.3) is 0 Å². The minimum absolute atomic E-state index is 0.221. The maximum Gasteiger partial charge on any atom is 0.407 e. The Morgan fingerprint density at radius 1 is 0.676 bits per heavy atom. The molecule has 0 heterocycles. The lowest BCUT2D eigenvalue weighted by Crippen LogP contribution is -2.43. The third-order valence-corrected chi connectivity index (χ3v) is 5.74. The standard InChI is InChI=1S/C28H48N2O4/c1-25(2,3)16-12-18-33-23(31)29-27(7,8)21-14-11-15-22(20-21)28(9,10)30-24(32)34-19-13-17-26(4,5)6/h11,14-15,20H,12-13,16-19H2,1-10H3,(H,29,31)(H,30,32). The zero-order valence-electron chi connectivity index (χ0n) is 23.2. The van der Waals surface area contributed by atoms with Gasteiger partial charge in [-0.25, -0.2) is 9.59 Å². The van der Waals surface area contributed by atoms with E-state index in [0.29, 0.717) is 13.2 Å². The summed E-state index contributed by atoms with van der Waals surface area (Å²) in [4.78, 5) is 24.7. The summed E-state index contributed by atoms with van der Waals surface area (Å²) in [7, 11) is 0. The smallest absolute Gasteiger partial charge is 0.407 e. The first-order valence-electron chi connectivity index (χ1n) is 12.4. The van der Waals surface area contributed by atoms with Crippen molar-refractivity contribution in [1.82, 2.24) is 10.6 Å². The number of hydrogen-bond acceptors (Lipinski definition) is 4. The maximum atomic E-state index is 12.4. The van der Waals surface area contributed by atoms with E-state index in [0.717, 1.165) is 36.8 Å². The Kier molecular flexibility index (Phi) is 10.5. The van der Waals surface area contributed by atoms with Gasteiger partial charge < -0.3 is 20.1 Å². The molecular formula is C28H48N2O4. The van der Waals surface area contributed by atoms with Crippen LogP contribution in [0.3, 0.4) is 0 Å². The van der Waals surface area contributed by atoms with Crippen molar-refractivity contribution in [2.45, 2.75) is 106 Å². The van der Waals surface area contributed by atoms with Crippen LogP contribution in [0.15, 0.2) is 24.3 Å². The van der Waals surface area contributed by atoms with Crippen LogP contribution in [0, 0.1) is 10.8 Å². The molecule has 0 atom stereocenters. The number of carbonyl (C=O) groups excluding carboxylic acids is 2. The van der Waals surface area contributed by atoms with Gasteiger partial charge in [0.15, 0.2) is 0 Å². The Hall–Kier alpha value is -2.24. The molecule has 6 nitrogen and oxygen atoms in total. The second-order valence-corrected chi connectivity index (χ2v) is 12.7. The van der Waals surface area contributed by atoms with Crippen LogP contribution >= 0.6 is 0 Å². The number of rotatable bonds is 10. The van der Waals surface area contributed by atoms with Crippen molar-refractivity contribution in [2.75, 3.05) is 13.2 Å². The zero-order valence-corrected chi connectivity index (χ0v) is 23.2. The molecule has 1 aromatic rings. The van der Waals surface area contributed by atoms with Crippen LogP contribution in [-0.4, -0.2) is 25.4 Å². The lowest BCUT2D eigenvalue weighted by atomic mass is 9.87. The lowest BCUT2D eigenvalue weighted by molar-refractivity contribution is 0.129. The van der Waals surface area contributed by atoms with Gasteiger partial charge in [-0.1, -0.05) is 65.8 Å². The third-order valence-electron chi connectivity index (χ3n) is 5.74. The van der Waals surface area contributed by atoms with E-state index in [-0.39, 0.29) is 10.8 Å². The number of carbonyl (C=O) groups is 2. The van der Waals surface area contributed by atoms with E-state index in [1.807, 2.05) is 52.0 Å². The molecule has 6 heteroatoms. The maximum absolute atomic E-state index is 12.4. The second kappa shape index (κ2) is 11.9. The van der Waals surface area contributed by atoms with Gasteiger partial charge in [-0.15, -0.1) is 0 Å². The quantitative estimate of drug-likeness (QED) is 0.348. The van der Waals surface area contributed by atoms with Gasteiger partial charge in [-0.2, -0.15) is 0 Å². The van der Waals surface area contributed by atoms with Crippen molar-refractivity contribution in [3.63, 3.8) is 0 Å². The van der Waals surface area contributed by atoms with E-state index < -0.39 is 23.3 Å². The predicted molar refractivity (Wildman–Crippen MR) is 139 cm³/mol. The average Bonchev–Trinajstić information content (AvgIpc) is 2.67. The van der Waals surface area contributed by atoms with Crippen molar-refractivity contribution >= 4 is 12.2 Å². The van der Waals surface area contributed by atoms with E-state index in [4.69, 9.17) is 9.47 Å². The fraction of sp³-hybridized carbons (Fsp3) is 0.714. The van der Waals surface area contributed by atoms with Gasteiger partial charge in [0, 0.05) is 0 Å².